The van der Waals surface area contributed by atoms with Gasteiger partial charge in [-0.1, -0.05) is 108 Å². The summed E-state index contributed by atoms with van der Waals surface area (Å²) in [5.41, 5.74) is 11.5. The number of para-hydroxylation sites is 6. The van der Waals surface area contributed by atoms with Crippen molar-refractivity contribution in [3.8, 4) is 28.3 Å². The second kappa shape index (κ2) is 14.1. The summed E-state index contributed by atoms with van der Waals surface area (Å²) in [4.78, 5) is 4.62. The molecule has 0 unspecified atom stereocenters. The molecule has 0 amide bonds. The molecule has 0 bridgehead atoms. The molecule has 8 heteroatoms. The number of hydrogen-bond donors (Lipinski definition) is 0. The number of hydrogen-bond acceptors (Lipinski definition) is 1. The van der Waals surface area contributed by atoms with Gasteiger partial charge in [0.15, 0.2) is 0 Å². The molecule has 10 rings (SSSR count). The van der Waals surface area contributed by atoms with E-state index in [-0.39, 0.29) is 19.8 Å². The normalized spacial score (nSPS) is 11.2. The van der Waals surface area contributed by atoms with E-state index in [1.54, 1.807) is 0 Å². The first-order valence-electron chi connectivity index (χ1n) is 17.1. The summed E-state index contributed by atoms with van der Waals surface area (Å²) in [6.07, 6.45) is 12.0. The third-order valence-electron chi connectivity index (χ3n) is 9.40. The van der Waals surface area contributed by atoms with Crippen LogP contribution in [0.5, 0.6) is 0 Å². The number of fused-ring (bicyclic) bond motifs is 4. The third-order valence-corrected chi connectivity index (χ3v) is 9.40. The Labute approximate surface area is 320 Å². The third kappa shape index (κ3) is 6.11. The summed E-state index contributed by atoms with van der Waals surface area (Å²) >= 11 is 0. The molecule has 0 aliphatic carbocycles. The molecule has 0 aliphatic heterocycles. The number of nitrogens with zero attached hydrogens (tertiary/aromatic N) is 7. The van der Waals surface area contributed by atoms with Crippen molar-refractivity contribution >= 4 is 43.9 Å². The molecular weight excluding hydrogens is 829 g/mol. The fourth-order valence-corrected chi connectivity index (χ4v) is 6.90. The Morgan fingerprint density at radius 2 is 0.887 bits per heavy atom. The summed E-state index contributed by atoms with van der Waals surface area (Å²) in [6, 6.07) is 54.6. The molecule has 7 nitrogen and oxygen atoms in total. The van der Waals surface area contributed by atoms with E-state index in [1.165, 1.54) is 5.39 Å². The second-order valence-corrected chi connectivity index (χ2v) is 12.7. The van der Waals surface area contributed by atoms with Crippen LogP contribution in [0.4, 0.5) is 0 Å². The molecule has 4 heterocycles. The molecule has 253 valence electrons. The minimum absolute atomic E-state index is 0. The maximum Gasteiger partial charge on any atom is 5.00 e. The summed E-state index contributed by atoms with van der Waals surface area (Å²) in [7, 11) is 6.03. The zero-order valence-electron chi connectivity index (χ0n) is 29.3. The topological polar surface area (TPSA) is 39.3 Å². The smallest absolute Gasteiger partial charge is 0.342 e. The van der Waals surface area contributed by atoms with Crippen molar-refractivity contribution < 1.29 is 33.5 Å². The van der Waals surface area contributed by atoms with Crippen molar-refractivity contribution in [1.29, 1.82) is 0 Å². The van der Waals surface area contributed by atoms with Crippen molar-refractivity contribution in [3.63, 3.8) is 0 Å². The van der Waals surface area contributed by atoms with Gasteiger partial charge in [-0.2, -0.15) is 30.3 Å². The van der Waals surface area contributed by atoms with E-state index in [2.05, 4.69) is 109 Å². The Hall–Kier alpha value is -6.22. The summed E-state index contributed by atoms with van der Waals surface area (Å²) < 4.78 is 12.2. The van der Waals surface area contributed by atoms with Crippen LogP contribution in [0, 0.1) is 31.1 Å². The number of aryl methyl sites for hydroxylation is 3. The van der Waals surface area contributed by atoms with E-state index in [1.807, 2.05) is 121 Å². The van der Waals surface area contributed by atoms with Gasteiger partial charge in [-0.3, -0.25) is 0 Å². The fraction of sp³-hybridized carbons (Fsp3) is 0.0667. The zero-order chi connectivity index (χ0) is 35.2. The van der Waals surface area contributed by atoms with E-state index in [0.717, 1.165) is 66.8 Å². The van der Waals surface area contributed by atoms with Crippen LogP contribution in [0.3, 0.4) is 0 Å². The van der Waals surface area contributed by atoms with Crippen molar-refractivity contribution in [1.82, 2.24) is 18.7 Å². The van der Waals surface area contributed by atoms with Crippen molar-refractivity contribution in [2.24, 2.45) is 21.1 Å². The Kier molecular flexibility index (Phi) is 9.00. The Morgan fingerprint density at radius 1 is 0.453 bits per heavy atom. The van der Waals surface area contributed by atoms with E-state index >= 15 is 0 Å². The minimum atomic E-state index is 0. The average Bonchev–Trinajstić information content (AvgIpc) is 3.85. The standard InChI is InChI=1S/C23H16N3.C22H17N4.Os/c1-25-16-26(22-12-5-4-11-21(22)25)19-9-6-8-18(15-19)23-20-10-3-2-7-17(20)13-14-24-23;1-23-15-25(21-12-5-3-10-19(21)23)17-8-7-9-18(14-17)26-16-24(2)20-11-4-6-13-22(20)26;/h2-14H,1H3;3-13H,1-2H3;/q2*-1;+5. The maximum absolute atomic E-state index is 4.62. The van der Waals surface area contributed by atoms with Crippen LogP contribution < -0.4 is 13.7 Å². The SMILES string of the molecule is C[n+]1[c-]n(-c2[c-]c(-c3nccc4ccccc34)ccc2)c2ccccc21.C[n+]1[c-]n(-c2[c-]c(-n3[c-][n+](C)c4ccccc43)ccc2)c2ccccc21.[Os+5]. The van der Waals surface area contributed by atoms with Gasteiger partial charge in [0, 0.05) is 6.20 Å². The Balaban J connectivity index is 0.000000148. The Morgan fingerprint density at radius 3 is 1.42 bits per heavy atom. The molecule has 0 aliphatic rings. The zero-order valence-corrected chi connectivity index (χ0v) is 31.9. The van der Waals surface area contributed by atoms with Crippen molar-refractivity contribution in [2.45, 2.75) is 0 Å². The molecule has 4 aromatic heterocycles. The largest absolute Gasteiger partial charge is 5.00 e. The van der Waals surface area contributed by atoms with Crippen molar-refractivity contribution in [3.05, 3.63) is 177 Å². The molecule has 0 saturated heterocycles. The van der Waals surface area contributed by atoms with E-state index in [9.17, 15) is 0 Å². The van der Waals surface area contributed by atoms with Crippen LogP contribution in [0.15, 0.2) is 146 Å². The van der Waals surface area contributed by atoms with Gasteiger partial charge in [0.2, 0.25) is 19.0 Å². The first-order valence-corrected chi connectivity index (χ1v) is 17.1. The van der Waals surface area contributed by atoms with Crippen LogP contribution in [0.2, 0.25) is 0 Å². The molecular formula is C45H33N7Os+3. The molecule has 53 heavy (non-hydrogen) atoms. The second-order valence-electron chi connectivity index (χ2n) is 12.7. The van der Waals surface area contributed by atoms with E-state index in [4.69, 9.17) is 0 Å². The molecule has 1 radical (unpaired) electrons. The average molecular weight is 862 g/mol. The number of aromatic nitrogens is 7. The van der Waals surface area contributed by atoms with Crippen LogP contribution in [-0.4, -0.2) is 18.7 Å². The predicted octanol–water partition coefficient (Wildman–Crippen LogP) is 6.89. The van der Waals surface area contributed by atoms with Gasteiger partial charge in [0.1, 0.15) is 0 Å². The minimum Gasteiger partial charge on any atom is -0.342 e. The molecule has 0 spiro atoms. The van der Waals surface area contributed by atoms with Crippen LogP contribution >= 0.6 is 0 Å². The van der Waals surface area contributed by atoms with Gasteiger partial charge in [-0.25, -0.2) is 0 Å². The first kappa shape index (κ1) is 33.9. The molecule has 0 atom stereocenters. The van der Waals surface area contributed by atoms with Gasteiger partial charge in [0.05, 0.1) is 54.2 Å². The van der Waals surface area contributed by atoms with Crippen LogP contribution in [0.25, 0.3) is 72.2 Å². The van der Waals surface area contributed by atoms with Crippen LogP contribution in [-0.2, 0) is 40.9 Å². The quantitative estimate of drug-likeness (QED) is 0.141. The number of pyridine rings is 1. The van der Waals surface area contributed by atoms with Gasteiger partial charge < -0.3 is 32.4 Å². The number of benzene rings is 6. The number of imidazole rings is 3. The van der Waals surface area contributed by atoms with Gasteiger partial charge >= 0.3 is 19.8 Å². The molecule has 0 saturated carbocycles. The van der Waals surface area contributed by atoms with E-state index < -0.39 is 0 Å². The molecule has 10 aromatic rings. The summed E-state index contributed by atoms with van der Waals surface area (Å²) in [5, 5.41) is 2.32. The predicted molar refractivity (Wildman–Crippen MR) is 202 cm³/mol. The molecule has 0 fully saturated rings. The van der Waals surface area contributed by atoms with Gasteiger partial charge in [-0.05, 0) is 28.2 Å². The monoisotopic (exact) mass is 863 g/mol. The van der Waals surface area contributed by atoms with Crippen LogP contribution in [0.1, 0.15) is 0 Å². The summed E-state index contributed by atoms with van der Waals surface area (Å²) in [5.74, 6) is 0. The maximum atomic E-state index is 4.62. The number of rotatable bonds is 4. The van der Waals surface area contributed by atoms with Gasteiger partial charge in [0.25, 0.3) is 0 Å². The molecule has 0 N–H and O–H groups in total. The van der Waals surface area contributed by atoms with Crippen molar-refractivity contribution in [2.75, 3.05) is 0 Å². The van der Waals surface area contributed by atoms with E-state index in [0.29, 0.717) is 0 Å². The summed E-state index contributed by atoms with van der Waals surface area (Å²) in [6.45, 7) is 0. The Bertz CT molecular complexity index is 2820. The van der Waals surface area contributed by atoms with Gasteiger partial charge in [-0.15, -0.1) is 23.8 Å². The first-order chi connectivity index (χ1) is 25.5. The fourth-order valence-electron chi connectivity index (χ4n) is 6.90. The molecule has 6 aromatic carbocycles.